The zero-order valence-electron chi connectivity index (χ0n) is 20.6. The molecule has 5 rings (SSSR count). The molecule has 0 saturated heterocycles. The largest absolute Gasteiger partial charge is 0.497 e. The van der Waals surface area contributed by atoms with Crippen LogP contribution in [0.15, 0.2) is 53.6 Å². The third kappa shape index (κ3) is 4.89. The topological polar surface area (TPSA) is 128 Å². The van der Waals surface area contributed by atoms with E-state index in [1.54, 1.807) is 17.7 Å². The van der Waals surface area contributed by atoms with E-state index >= 15 is 0 Å². The number of hydrogen-bond donors (Lipinski definition) is 3. The predicted molar refractivity (Wildman–Crippen MR) is 138 cm³/mol. The van der Waals surface area contributed by atoms with E-state index in [1.807, 2.05) is 18.2 Å². The number of aliphatic hydroxyl groups excluding tert-OH is 1. The molecule has 1 amide bonds. The van der Waals surface area contributed by atoms with Gasteiger partial charge in [-0.25, -0.2) is 10.5 Å². The van der Waals surface area contributed by atoms with Gasteiger partial charge < -0.3 is 19.7 Å². The van der Waals surface area contributed by atoms with Crippen LogP contribution in [0.1, 0.15) is 39.0 Å². The fourth-order valence-electron chi connectivity index (χ4n) is 4.63. The van der Waals surface area contributed by atoms with E-state index in [0.717, 1.165) is 36.1 Å². The van der Waals surface area contributed by atoms with E-state index in [0.29, 0.717) is 23.9 Å². The van der Waals surface area contributed by atoms with E-state index in [1.165, 1.54) is 30.6 Å². The Bertz CT molecular complexity index is 1530. The van der Waals surface area contributed by atoms with Crippen LogP contribution in [-0.2, 0) is 30.8 Å². The van der Waals surface area contributed by atoms with Crippen molar-refractivity contribution in [2.24, 2.45) is 0 Å². The number of benzene rings is 2. The Kier molecular flexibility index (Phi) is 6.85. The van der Waals surface area contributed by atoms with Crippen LogP contribution in [-0.4, -0.2) is 39.8 Å². The fourth-order valence-corrected chi connectivity index (χ4v) is 4.63. The number of methoxy groups -OCH3 is 1. The van der Waals surface area contributed by atoms with Gasteiger partial charge in [0.15, 0.2) is 5.65 Å². The molecular weight excluding hydrogens is 474 g/mol. The van der Waals surface area contributed by atoms with Crippen LogP contribution in [0.25, 0.3) is 16.7 Å². The second kappa shape index (κ2) is 10.4. The highest BCUT2D eigenvalue weighted by Crippen LogP contribution is 2.26. The molecule has 0 atom stereocenters. The molecule has 2 heterocycles. The number of ether oxygens (including phenoxy) is 1. The maximum absolute atomic E-state index is 13.2. The molecule has 0 saturated carbocycles. The van der Waals surface area contributed by atoms with Crippen LogP contribution in [0.2, 0.25) is 0 Å². The lowest BCUT2D eigenvalue weighted by atomic mass is 10.1. The van der Waals surface area contributed by atoms with Gasteiger partial charge in [0.1, 0.15) is 11.3 Å². The van der Waals surface area contributed by atoms with Crippen molar-refractivity contribution in [3.63, 3.8) is 0 Å². The minimum Gasteiger partial charge on any atom is -0.497 e. The van der Waals surface area contributed by atoms with Crippen molar-refractivity contribution in [3.8, 4) is 11.4 Å². The lowest BCUT2D eigenvalue weighted by Crippen LogP contribution is -2.29. The fraction of sp³-hybridized carbons (Fsp3) is 0.259. The minimum atomic E-state index is -0.649. The second-order valence-electron chi connectivity index (χ2n) is 8.82. The van der Waals surface area contributed by atoms with Crippen molar-refractivity contribution >= 4 is 22.9 Å². The van der Waals surface area contributed by atoms with Crippen LogP contribution in [0.3, 0.4) is 0 Å². The molecule has 0 spiro atoms. The van der Waals surface area contributed by atoms with Gasteiger partial charge >= 0.3 is 0 Å². The maximum Gasteiger partial charge on any atom is 0.280 e. The summed E-state index contributed by atoms with van der Waals surface area (Å²) in [5.74, 6) is 0.295. The van der Waals surface area contributed by atoms with Gasteiger partial charge in [-0.3, -0.25) is 14.4 Å². The molecule has 1 aliphatic carbocycles. The number of carbonyl (C=O) groups excluding carboxylic acids is 1. The maximum atomic E-state index is 13.2. The number of nitrogens with one attached hydrogen (secondary N) is 2. The van der Waals surface area contributed by atoms with Gasteiger partial charge in [0.2, 0.25) is 11.4 Å². The van der Waals surface area contributed by atoms with E-state index in [4.69, 9.17) is 9.57 Å². The number of aryl methyl sites for hydroxylation is 2. The quantitative estimate of drug-likeness (QED) is 0.315. The number of rotatable bonds is 8. The third-order valence-corrected chi connectivity index (χ3v) is 6.44. The number of amides is 1. The number of pyridine rings is 1. The molecule has 37 heavy (non-hydrogen) atoms. The first-order valence-electron chi connectivity index (χ1n) is 11.9. The molecule has 1 aliphatic rings. The Morgan fingerprint density at radius 3 is 2.70 bits per heavy atom. The molecule has 0 unspecified atom stereocenters. The van der Waals surface area contributed by atoms with Gasteiger partial charge in [-0.2, -0.15) is 4.98 Å². The number of anilines is 1. The van der Waals surface area contributed by atoms with Crippen LogP contribution >= 0.6 is 0 Å². The third-order valence-electron chi connectivity index (χ3n) is 6.44. The van der Waals surface area contributed by atoms with Gasteiger partial charge in [-0.05, 0) is 65.8 Å². The SMILES string of the molecule is CONC(=O)c1cn(-c2ccc3c(c2)CCC3)c2nc(NCc3cc(CO)cc(OC)c3)ncc2c1=O. The number of aliphatic hydroxyl groups is 1. The zero-order valence-corrected chi connectivity index (χ0v) is 20.6. The number of carbonyl (C=O) groups is 1. The van der Waals surface area contributed by atoms with Crippen molar-refractivity contribution in [3.05, 3.63) is 86.8 Å². The number of hydroxylamine groups is 1. The molecule has 3 N–H and O–H groups in total. The van der Waals surface area contributed by atoms with Gasteiger partial charge in [-0.15, -0.1) is 0 Å². The molecule has 0 fully saturated rings. The van der Waals surface area contributed by atoms with Crippen LogP contribution < -0.4 is 21.0 Å². The van der Waals surface area contributed by atoms with Crippen molar-refractivity contribution in [2.75, 3.05) is 19.5 Å². The summed E-state index contributed by atoms with van der Waals surface area (Å²) in [5.41, 5.74) is 6.97. The summed E-state index contributed by atoms with van der Waals surface area (Å²) in [5, 5.41) is 12.9. The van der Waals surface area contributed by atoms with Crippen molar-refractivity contribution in [1.82, 2.24) is 20.0 Å². The van der Waals surface area contributed by atoms with E-state index < -0.39 is 11.3 Å². The predicted octanol–water partition coefficient (Wildman–Crippen LogP) is 2.67. The Labute approximate surface area is 212 Å². The Hall–Kier alpha value is -4.28. The van der Waals surface area contributed by atoms with Gasteiger partial charge in [0, 0.05) is 24.6 Å². The Morgan fingerprint density at radius 1 is 1.11 bits per heavy atom. The van der Waals surface area contributed by atoms with Crippen molar-refractivity contribution in [2.45, 2.75) is 32.4 Å². The summed E-state index contributed by atoms with van der Waals surface area (Å²) in [4.78, 5) is 39.5. The van der Waals surface area contributed by atoms with Crippen LogP contribution in [0.4, 0.5) is 5.95 Å². The lowest BCUT2D eigenvalue weighted by molar-refractivity contribution is 0.0536. The summed E-state index contributed by atoms with van der Waals surface area (Å²) < 4.78 is 7.05. The van der Waals surface area contributed by atoms with Crippen LogP contribution in [0.5, 0.6) is 5.75 Å². The van der Waals surface area contributed by atoms with Gasteiger partial charge in [0.25, 0.3) is 5.91 Å². The molecule has 190 valence electrons. The molecular formula is C27H27N5O5. The molecule has 0 bridgehead atoms. The number of hydrogen-bond acceptors (Lipinski definition) is 8. The van der Waals surface area contributed by atoms with Gasteiger partial charge in [-0.1, -0.05) is 12.1 Å². The average molecular weight is 502 g/mol. The number of fused-ring (bicyclic) bond motifs is 2. The molecule has 10 nitrogen and oxygen atoms in total. The molecule has 2 aromatic carbocycles. The Balaban J connectivity index is 1.58. The zero-order chi connectivity index (χ0) is 25.9. The summed E-state index contributed by atoms with van der Waals surface area (Å²) in [6.45, 7) is 0.260. The minimum absolute atomic E-state index is 0.0768. The smallest absolute Gasteiger partial charge is 0.280 e. The highest BCUT2D eigenvalue weighted by Gasteiger charge is 2.19. The first kappa shape index (κ1) is 24.4. The summed E-state index contributed by atoms with van der Waals surface area (Å²) in [6, 6.07) is 11.6. The molecule has 2 aromatic heterocycles. The van der Waals surface area contributed by atoms with E-state index in [2.05, 4.69) is 32.9 Å². The van der Waals surface area contributed by atoms with E-state index in [-0.39, 0.29) is 17.6 Å². The van der Waals surface area contributed by atoms with Crippen LogP contribution in [0, 0.1) is 0 Å². The summed E-state index contributed by atoms with van der Waals surface area (Å²) >= 11 is 0. The number of aromatic nitrogens is 3. The average Bonchev–Trinajstić information content (AvgIpc) is 3.40. The highest BCUT2D eigenvalue weighted by atomic mass is 16.6. The first-order valence-corrected chi connectivity index (χ1v) is 11.9. The monoisotopic (exact) mass is 501 g/mol. The highest BCUT2D eigenvalue weighted by molar-refractivity contribution is 5.96. The standard InChI is InChI=1S/C27H27N5O5/c1-36-21-9-16(8-17(10-21)15-33)12-28-27-29-13-22-24(34)23(26(35)31-37-2)14-32(25(22)30-27)20-7-6-18-4-3-5-19(18)11-20/h6-11,13-14,33H,3-5,12,15H2,1-2H3,(H,31,35)(H,28,29,30). The first-order chi connectivity index (χ1) is 18.0. The molecule has 0 radical (unpaired) electrons. The number of nitrogens with zero attached hydrogens (tertiary/aromatic N) is 3. The molecule has 10 heteroatoms. The Morgan fingerprint density at radius 2 is 1.92 bits per heavy atom. The van der Waals surface area contributed by atoms with Gasteiger partial charge in [0.05, 0.1) is 26.2 Å². The summed E-state index contributed by atoms with van der Waals surface area (Å²) in [7, 11) is 2.88. The summed E-state index contributed by atoms with van der Waals surface area (Å²) in [6.07, 6.45) is 6.04. The molecule has 4 aromatic rings. The lowest BCUT2D eigenvalue weighted by Gasteiger charge is -2.15. The van der Waals surface area contributed by atoms with Crippen molar-refractivity contribution < 1.29 is 19.5 Å². The normalized spacial score (nSPS) is 12.4. The second-order valence-corrected chi connectivity index (χ2v) is 8.82. The molecule has 0 aliphatic heterocycles. The van der Waals surface area contributed by atoms with Crippen molar-refractivity contribution in [1.29, 1.82) is 0 Å². The van der Waals surface area contributed by atoms with E-state index in [9.17, 15) is 14.7 Å².